The second-order valence-electron chi connectivity index (χ2n) is 6.29. The molecule has 0 bridgehead atoms. The normalized spacial score (nSPS) is 18.8. The van der Waals surface area contributed by atoms with E-state index in [0.717, 1.165) is 5.56 Å². The summed E-state index contributed by atoms with van der Waals surface area (Å²) in [6, 6.07) is 5.00. The smallest absolute Gasteiger partial charge is 0.307 e. The molecule has 1 aromatic rings. The number of methoxy groups -OCH3 is 1. The van der Waals surface area contributed by atoms with Crippen LogP contribution in [0.1, 0.15) is 24.9 Å². The molecule has 2 rings (SSSR count). The van der Waals surface area contributed by atoms with Gasteiger partial charge in [-0.25, -0.2) is 4.39 Å². The number of benzene rings is 1. The number of esters is 1. The SMILES string of the molecule is COC(=O)C[C@@H]1C(=O)NCCN1CC(=O)N(C)[C@H](C)c1ccc(F)cc1. The van der Waals surface area contributed by atoms with Crippen LogP contribution in [-0.4, -0.2) is 67.4 Å². The van der Waals surface area contributed by atoms with E-state index < -0.39 is 12.0 Å². The number of nitrogens with zero attached hydrogens (tertiary/aromatic N) is 2. The predicted molar refractivity (Wildman–Crippen MR) is 92.6 cm³/mol. The molecule has 2 amide bonds. The maximum absolute atomic E-state index is 13.1. The quantitative estimate of drug-likeness (QED) is 0.751. The number of nitrogens with one attached hydrogen (secondary N) is 1. The van der Waals surface area contributed by atoms with E-state index in [1.165, 1.54) is 19.2 Å². The highest BCUT2D eigenvalue weighted by molar-refractivity contribution is 5.88. The summed E-state index contributed by atoms with van der Waals surface area (Å²) in [6.45, 7) is 2.75. The highest BCUT2D eigenvalue weighted by Crippen LogP contribution is 2.20. The second kappa shape index (κ2) is 8.75. The van der Waals surface area contributed by atoms with Gasteiger partial charge in [0.25, 0.3) is 0 Å². The lowest BCUT2D eigenvalue weighted by Crippen LogP contribution is -2.58. The van der Waals surface area contributed by atoms with Gasteiger partial charge >= 0.3 is 5.97 Å². The average Bonchev–Trinajstić information content (AvgIpc) is 2.63. The van der Waals surface area contributed by atoms with Gasteiger partial charge in [-0.05, 0) is 24.6 Å². The van der Waals surface area contributed by atoms with Crippen LogP contribution in [0.4, 0.5) is 4.39 Å². The predicted octanol–water partition coefficient (Wildman–Crippen LogP) is 0.709. The summed E-state index contributed by atoms with van der Waals surface area (Å²) in [5.41, 5.74) is 0.810. The van der Waals surface area contributed by atoms with Crippen molar-refractivity contribution >= 4 is 17.8 Å². The third kappa shape index (κ3) is 4.78. The number of ether oxygens (including phenoxy) is 1. The van der Waals surface area contributed by atoms with E-state index in [4.69, 9.17) is 0 Å². The first-order valence-electron chi connectivity index (χ1n) is 8.43. The van der Waals surface area contributed by atoms with Gasteiger partial charge in [0.15, 0.2) is 0 Å². The number of carbonyl (C=O) groups is 3. The van der Waals surface area contributed by atoms with Gasteiger partial charge < -0.3 is 15.0 Å². The monoisotopic (exact) mass is 365 g/mol. The first-order valence-corrected chi connectivity index (χ1v) is 8.43. The van der Waals surface area contributed by atoms with Crippen molar-refractivity contribution in [2.75, 3.05) is 33.8 Å². The van der Waals surface area contributed by atoms with Crippen LogP contribution in [0.25, 0.3) is 0 Å². The largest absolute Gasteiger partial charge is 0.469 e. The molecule has 142 valence electrons. The molecule has 0 unspecified atom stereocenters. The Bertz CT molecular complexity index is 665. The van der Waals surface area contributed by atoms with E-state index in [9.17, 15) is 18.8 Å². The molecule has 0 aliphatic carbocycles. The van der Waals surface area contributed by atoms with Crippen molar-refractivity contribution in [3.63, 3.8) is 0 Å². The molecule has 0 spiro atoms. The molecule has 26 heavy (non-hydrogen) atoms. The minimum Gasteiger partial charge on any atom is -0.469 e. The fraction of sp³-hybridized carbons (Fsp3) is 0.500. The minimum absolute atomic E-state index is 0.0110. The summed E-state index contributed by atoms with van der Waals surface area (Å²) in [5.74, 6) is -1.31. The maximum Gasteiger partial charge on any atom is 0.307 e. The minimum atomic E-state index is -0.727. The van der Waals surface area contributed by atoms with Crippen LogP contribution in [0.15, 0.2) is 24.3 Å². The molecule has 0 saturated carbocycles. The molecule has 1 saturated heterocycles. The van der Waals surface area contributed by atoms with Gasteiger partial charge in [-0.1, -0.05) is 12.1 Å². The van der Waals surface area contributed by atoms with Crippen molar-refractivity contribution in [2.45, 2.75) is 25.4 Å². The Morgan fingerprint density at radius 2 is 2.04 bits per heavy atom. The van der Waals surface area contributed by atoms with Crippen molar-refractivity contribution < 1.29 is 23.5 Å². The van der Waals surface area contributed by atoms with Crippen LogP contribution in [-0.2, 0) is 19.1 Å². The van der Waals surface area contributed by atoms with E-state index in [-0.39, 0.29) is 36.6 Å². The van der Waals surface area contributed by atoms with E-state index in [1.807, 2.05) is 6.92 Å². The number of hydrogen-bond acceptors (Lipinski definition) is 5. The molecule has 1 aromatic carbocycles. The Kier molecular flexibility index (Phi) is 6.68. The van der Waals surface area contributed by atoms with E-state index >= 15 is 0 Å². The topological polar surface area (TPSA) is 79.0 Å². The summed E-state index contributed by atoms with van der Waals surface area (Å²) in [5, 5.41) is 2.70. The number of halogens is 1. The summed E-state index contributed by atoms with van der Waals surface area (Å²) in [6.07, 6.45) is -0.104. The van der Waals surface area contributed by atoms with Gasteiger partial charge in [0.1, 0.15) is 11.9 Å². The van der Waals surface area contributed by atoms with Crippen molar-refractivity contribution in [3.8, 4) is 0 Å². The van der Waals surface area contributed by atoms with Crippen molar-refractivity contribution in [3.05, 3.63) is 35.6 Å². The molecule has 8 heteroatoms. The maximum atomic E-state index is 13.1. The fourth-order valence-corrected chi connectivity index (χ4v) is 2.88. The van der Waals surface area contributed by atoms with Gasteiger partial charge in [0.2, 0.25) is 11.8 Å². The van der Waals surface area contributed by atoms with Gasteiger partial charge in [-0.2, -0.15) is 0 Å². The Morgan fingerprint density at radius 1 is 1.38 bits per heavy atom. The van der Waals surface area contributed by atoms with Crippen LogP contribution in [0.3, 0.4) is 0 Å². The average molecular weight is 365 g/mol. The lowest BCUT2D eigenvalue weighted by Gasteiger charge is -2.35. The first kappa shape index (κ1) is 19.8. The van der Waals surface area contributed by atoms with Crippen LogP contribution in [0, 0.1) is 5.82 Å². The zero-order valence-electron chi connectivity index (χ0n) is 15.2. The second-order valence-corrected chi connectivity index (χ2v) is 6.29. The third-order valence-corrected chi connectivity index (χ3v) is 4.69. The summed E-state index contributed by atoms with van der Waals surface area (Å²) >= 11 is 0. The van der Waals surface area contributed by atoms with E-state index in [1.54, 1.807) is 29.0 Å². The summed E-state index contributed by atoms with van der Waals surface area (Å²) < 4.78 is 17.7. The van der Waals surface area contributed by atoms with Crippen LogP contribution in [0.5, 0.6) is 0 Å². The number of carbonyl (C=O) groups excluding carboxylic acids is 3. The standard InChI is InChI=1S/C18H24FN3O4/c1-12(13-4-6-14(19)7-5-13)21(2)16(23)11-22-9-8-20-18(25)15(22)10-17(24)26-3/h4-7,12,15H,8-11H2,1-3H3,(H,20,25)/t12-,15-/m1/s1. The Labute approximate surface area is 152 Å². The van der Waals surface area contributed by atoms with Crippen molar-refractivity contribution in [1.82, 2.24) is 15.1 Å². The highest BCUT2D eigenvalue weighted by atomic mass is 19.1. The molecule has 1 N–H and O–H groups in total. The third-order valence-electron chi connectivity index (χ3n) is 4.69. The Hall–Kier alpha value is -2.48. The first-order chi connectivity index (χ1) is 12.3. The lowest BCUT2D eigenvalue weighted by molar-refractivity contribution is -0.147. The van der Waals surface area contributed by atoms with Crippen LogP contribution >= 0.6 is 0 Å². The fourth-order valence-electron chi connectivity index (χ4n) is 2.88. The Morgan fingerprint density at radius 3 is 2.65 bits per heavy atom. The molecular formula is C18H24FN3O4. The van der Waals surface area contributed by atoms with Gasteiger partial charge in [-0.15, -0.1) is 0 Å². The molecule has 1 aliphatic heterocycles. The highest BCUT2D eigenvalue weighted by Gasteiger charge is 2.34. The molecule has 2 atom stereocenters. The molecule has 1 aliphatic rings. The zero-order valence-corrected chi connectivity index (χ0v) is 15.2. The molecule has 1 fully saturated rings. The number of amides is 2. The summed E-state index contributed by atoms with van der Waals surface area (Å²) in [7, 11) is 2.92. The van der Waals surface area contributed by atoms with Crippen molar-refractivity contribution in [1.29, 1.82) is 0 Å². The molecular weight excluding hydrogens is 341 g/mol. The van der Waals surface area contributed by atoms with Gasteiger partial charge in [0.05, 0.1) is 26.1 Å². The van der Waals surface area contributed by atoms with E-state index in [0.29, 0.717) is 13.1 Å². The Balaban J connectivity index is 2.04. The number of likely N-dealkylation sites (N-methyl/N-ethyl adjacent to an activating group) is 1. The van der Waals surface area contributed by atoms with Crippen LogP contribution < -0.4 is 5.32 Å². The molecule has 7 nitrogen and oxygen atoms in total. The number of hydrogen-bond donors (Lipinski definition) is 1. The zero-order chi connectivity index (χ0) is 19.3. The number of piperazine rings is 1. The van der Waals surface area contributed by atoms with Crippen LogP contribution in [0.2, 0.25) is 0 Å². The molecule has 0 radical (unpaired) electrons. The summed E-state index contributed by atoms with van der Waals surface area (Å²) in [4.78, 5) is 39.5. The molecule has 1 heterocycles. The van der Waals surface area contributed by atoms with Gasteiger partial charge in [-0.3, -0.25) is 19.3 Å². The van der Waals surface area contributed by atoms with Crippen molar-refractivity contribution in [2.24, 2.45) is 0 Å². The number of rotatable bonds is 6. The van der Waals surface area contributed by atoms with Gasteiger partial charge in [0, 0.05) is 20.1 Å². The van der Waals surface area contributed by atoms with E-state index in [2.05, 4.69) is 10.1 Å². The molecule has 0 aromatic heterocycles. The lowest BCUT2D eigenvalue weighted by atomic mass is 10.1.